The smallest absolute Gasteiger partial charge is 0.138 e. The zero-order valence-corrected chi connectivity index (χ0v) is 11.7. The van der Waals surface area contributed by atoms with E-state index < -0.39 is 0 Å². The predicted molar refractivity (Wildman–Crippen MR) is 78.2 cm³/mol. The topological polar surface area (TPSA) is 34.2 Å². The molecule has 0 unspecified atom stereocenters. The van der Waals surface area contributed by atoms with Crippen LogP contribution in [0.5, 0.6) is 5.75 Å². The molecule has 2 rings (SSSR count). The van der Waals surface area contributed by atoms with E-state index in [0.29, 0.717) is 0 Å². The van der Waals surface area contributed by atoms with Crippen LogP contribution in [0.3, 0.4) is 0 Å². The summed E-state index contributed by atoms with van der Waals surface area (Å²) in [5.74, 6) is 0.812. The van der Waals surface area contributed by atoms with Crippen molar-refractivity contribution in [3.05, 3.63) is 48.3 Å². The minimum Gasteiger partial charge on any atom is -0.489 e. The molecular weight excluding hydrogens is 236 g/mol. The molecule has 0 fully saturated rings. The summed E-state index contributed by atoms with van der Waals surface area (Å²) in [6, 6.07) is 10.5. The Kier molecular flexibility index (Phi) is 4.53. The Balaban J connectivity index is 2.21. The van der Waals surface area contributed by atoms with Gasteiger partial charge in [-0.15, -0.1) is 0 Å². The fraction of sp³-hybridized carbons (Fsp3) is 0.312. The maximum Gasteiger partial charge on any atom is 0.138 e. The number of benzene rings is 1. The highest BCUT2D eigenvalue weighted by molar-refractivity contribution is 5.64. The summed E-state index contributed by atoms with van der Waals surface area (Å²) in [7, 11) is 1.95. The molecule has 0 aliphatic carbocycles. The lowest BCUT2D eigenvalue weighted by molar-refractivity contribution is 0.241. The van der Waals surface area contributed by atoms with Crippen LogP contribution in [0.2, 0.25) is 0 Å². The third kappa shape index (κ3) is 3.80. The van der Waals surface area contributed by atoms with E-state index >= 15 is 0 Å². The second kappa shape index (κ2) is 6.34. The number of hydrogen-bond donors (Lipinski definition) is 1. The molecule has 2 aromatic rings. The average molecular weight is 256 g/mol. The van der Waals surface area contributed by atoms with Crippen LogP contribution >= 0.6 is 0 Å². The Bertz CT molecular complexity index is 521. The van der Waals surface area contributed by atoms with Crippen molar-refractivity contribution in [2.45, 2.75) is 26.5 Å². The molecule has 0 aliphatic rings. The normalized spacial score (nSPS) is 10.7. The Morgan fingerprint density at radius 1 is 1.11 bits per heavy atom. The molecule has 0 saturated heterocycles. The summed E-state index contributed by atoms with van der Waals surface area (Å²) in [4.78, 5) is 4.24. The first-order valence-electron chi connectivity index (χ1n) is 6.54. The van der Waals surface area contributed by atoms with Gasteiger partial charge >= 0.3 is 0 Å². The van der Waals surface area contributed by atoms with Gasteiger partial charge in [0.15, 0.2) is 0 Å². The molecule has 0 radical (unpaired) electrons. The zero-order chi connectivity index (χ0) is 13.7. The molecule has 0 amide bonds. The van der Waals surface area contributed by atoms with E-state index in [1.807, 2.05) is 33.2 Å². The quantitative estimate of drug-likeness (QED) is 0.891. The van der Waals surface area contributed by atoms with Gasteiger partial charge < -0.3 is 10.1 Å². The van der Waals surface area contributed by atoms with Crippen LogP contribution in [0, 0.1) is 0 Å². The summed E-state index contributed by atoms with van der Waals surface area (Å²) in [6.45, 7) is 4.91. The molecular formula is C16H20N2O. The van der Waals surface area contributed by atoms with Gasteiger partial charge in [0, 0.05) is 18.3 Å². The van der Waals surface area contributed by atoms with E-state index in [2.05, 4.69) is 34.6 Å². The van der Waals surface area contributed by atoms with Gasteiger partial charge in [-0.3, -0.25) is 4.98 Å². The largest absolute Gasteiger partial charge is 0.489 e. The fourth-order valence-corrected chi connectivity index (χ4v) is 1.93. The minimum atomic E-state index is 0.162. The Hall–Kier alpha value is -1.87. The van der Waals surface area contributed by atoms with Crippen molar-refractivity contribution in [2.24, 2.45) is 0 Å². The number of rotatable bonds is 5. The van der Waals surface area contributed by atoms with Crippen LogP contribution < -0.4 is 10.1 Å². The van der Waals surface area contributed by atoms with Gasteiger partial charge in [0.1, 0.15) is 5.75 Å². The maximum atomic E-state index is 5.67. The Labute approximate surface area is 114 Å². The van der Waals surface area contributed by atoms with Crippen LogP contribution in [-0.4, -0.2) is 18.1 Å². The average Bonchev–Trinajstić information content (AvgIpc) is 2.39. The third-order valence-corrected chi connectivity index (χ3v) is 2.75. The molecule has 1 aromatic carbocycles. The van der Waals surface area contributed by atoms with Gasteiger partial charge in [0.25, 0.3) is 0 Å². The molecule has 3 heteroatoms. The van der Waals surface area contributed by atoms with Crippen molar-refractivity contribution in [3.8, 4) is 16.9 Å². The van der Waals surface area contributed by atoms with Crippen LogP contribution in [0.4, 0.5) is 0 Å². The van der Waals surface area contributed by atoms with Gasteiger partial charge in [0.2, 0.25) is 0 Å². The lowest BCUT2D eigenvalue weighted by atomic mass is 10.1. The standard InChI is InChI=1S/C16H20N2O/c1-12(2)19-16-8-15(10-18-11-16)14-6-4-13(5-7-14)9-17-3/h4-8,10-12,17H,9H2,1-3H3. The lowest BCUT2D eigenvalue weighted by Gasteiger charge is -2.10. The van der Waals surface area contributed by atoms with Crippen LogP contribution in [0.25, 0.3) is 11.1 Å². The second-order valence-corrected chi connectivity index (χ2v) is 4.80. The number of ether oxygens (including phenoxy) is 1. The molecule has 1 N–H and O–H groups in total. The first-order valence-corrected chi connectivity index (χ1v) is 6.54. The number of pyridine rings is 1. The highest BCUT2D eigenvalue weighted by atomic mass is 16.5. The van der Waals surface area contributed by atoms with Gasteiger partial charge in [-0.05, 0) is 38.1 Å². The van der Waals surface area contributed by atoms with Crippen molar-refractivity contribution in [2.75, 3.05) is 7.05 Å². The second-order valence-electron chi connectivity index (χ2n) is 4.80. The lowest BCUT2D eigenvalue weighted by Crippen LogP contribution is -2.05. The van der Waals surface area contributed by atoms with E-state index in [-0.39, 0.29) is 6.10 Å². The van der Waals surface area contributed by atoms with Gasteiger partial charge in [0.05, 0.1) is 12.3 Å². The van der Waals surface area contributed by atoms with E-state index in [9.17, 15) is 0 Å². The number of nitrogens with one attached hydrogen (secondary N) is 1. The molecule has 0 aliphatic heterocycles. The summed E-state index contributed by atoms with van der Waals surface area (Å²) in [5.41, 5.74) is 3.50. The highest BCUT2D eigenvalue weighted by Crippen LogP contribution is 2.23. The summed E-state index contributed by atoms with van der Waals surface area (Å²) in [6.07, 6.45) is 3.77. The van der Waals surface area contributed by atoms with Crippen LogP contribution in [0.1, 0.15) is 19.4 Å². The molecule has 100 valence electrons. The summed E-state index contributed by atoms with van der Waals surface area (Å²) in [5, 5.41) is 3.14. The Morgan fingerprint density at radius 3 is 2.47 bits per heavy atom. The Morgan fingerprint density at radius 2 is 1.84 bits per heavy atom. The maximum absolute atomic E-state index is 5.67. The molecule has 0 atom stereocenters. The zero-order valence-electron chi connectivity index (χ0n) is 11.7. The van der Waals surface area contributed by atoms with Crippen LogP contribution in [-0.2, 0) is 6.54 Å². The van der Waals surface area contributed by atoms with E-state index in [4.69, 9.17) is 4.74 Å². The van der Waals surface area contributed by atoms with Crippen molar-refractivity contribution in [1.29, 1.82) is 0 Å². The number of nitrogens with zero attached hydrogens (tertiary/aromatic N) is 1. The van der Waals surface area contributed by atoms with Crippen LogP contribution in [0.15, 0.2) is 42.7 Å². The number of aromatic nitrogens is 1. The van der Waals surface area contributed by atoms with Gasteiger partial charge in [-0.25, -0.2) is 0 Å². The molecule has 0 saturated carbocycles. The van der Waals surface area contributed by atoms with Gasteiger partial charge in [-0.2, -0.15) is 0 Å². The van der Waals surface area contributed by atoms with Crippen molar-refractivity contribution >= 4 is 0 Å². The predicted octanol–water partition coefficient (Wildman–Crippen LogP) is 3.26. The molecule has 0 spiro atoms. The highest BCUT2D eigenvalue weighted by Gasteiger charge is 2.03. The van der Waals surface area contributed by atoms with E-state index in [1.54, 1.807) is 6.20 Å². The van der Waals surface area contributed by atoms with Gasteiger partial charge in [-0.1, -0.05) is 24.3 Å². The first kappa shape index (κ1) is 13.6. The summed E-state index contributed by atoms with van der Waals surface area (Å²) < 4.78 is 5.67. The molecule has 1 heterocycles. The molecule has 3 nitrogen and oxygen atoms in total. The summed E-state index contributed by atoms with van der Waals surface area (Å²) >= 11 is 0. The van der Waals surface area contributed by atoms with Crippen molar-refractivity contribution in [3.63, 3.8) is 0 Å². The van der Waals surface area contributed by atoms with E-state index in [0.717, 1.165) is 23.4 Å². The molecule has 1 aromatic heterocycles. The fourth-order valence-electron chi connectivity index (χ4n) is 1.93. The van der Waals surface area contributed by atoms with Crippen molar-refractivity contribution in [1.82, 2.24) is 10.3 Å². The third-order valence-electron chi connectivity index (χ3n) is 2.75. The molecule has 19 heavy (non-hydrogen) atoms. The minimum absolute atomic E-state index is 0.162. The SMILES string of the molecule is CNCc1ccc(-c2cncc(OC(C)C)c2)cc1. The first-order chi connectivity index (χ1) is 9.19. The van der Waals surface area contributed by atoms with Crippen molar-refractivity contribution < 1.29 is 4.74 Å². The number of hydrogen-bond acceptors (Lipinski definition) is 3. The van der Waals surface area contributed by atoms with E-state index in [1.165, 1.54) is 5.56 Å². The monoisotopic (exact) mass is 256 g/mol. The molecule has 0 bridgehead atoms.